The molecule has 2 saturated carbocycles. The van der Waals surface area contributed by atoms with E-state index in [0.717, 1.165) is 11.1 Å². The number of ether oxygens (including phenoxy) is 1. The number of hydrogen-bond donors (Lipinski definition) is 2. The standard InChI is InChI=1S/C24H26ClNO4/c1-15(2)20-12-24(20,22(28)29)26-23(13-21(23)27)11-16-5-4-8-19(10-16)30-14-17-6-3-7-18(25)9-17/h3-10,15,20,26H,11-14H2,1-2H3,(H,28,29). The van der Waals surface area contributed by atoms with Crippen molar-refractivity contribution in [2.45, 2.75) is 50.8 Å². The van der Waals surface area contributed by atoms with Crippen LogP contribution in [0.25, 0.3) is 0 Å². The monoisotopic (exact) mass is 427 g/mol. The average Bonchev–Trinajstić information content (AvgIpc) is 3.57. The van der Waals surface area contributed by atoms with E-state index in [0.29, 0.717) is 36.6 Å². The molecule has 2 aliphatic rings. The highest BCUT2D eigenvalue weighted by Crippen LogP contribution is 2.52. The van der Waals surface area contributed by atoms with Crippen LogP contribution >= 0.6 is 11.6 Å². The first-order valence-corrected chi connectivity index (χ1v) is 10.6. The Labute approximate surface area is 181 Å². The number of halogens is 1. The maximum absolute atomic E-state index is 12.3. The van der Waals surface area contributed by atoms with Gasteiger partial charge in [0.2, 0.25) is 0 Å². The van der Waals surface area contributed by atoms with Crippen molar-refractivity contribution in [3.05, 3.63) is 64.7 Å². The third-order valence-corrected chi connectivity index (χ3v) is 6.47. The van der Waals surface area contributed by atoms with E-state index >= 15 is 0 Å². The van der Waals surface area contributed by atoms with Gasteiger partial charge in [-0.25, -0.2) is 0 Å². The van der Waals surface area contributed by atoms with Crippen LogP contribution in [0.3, 0.4) is 0 Å². The van der Waals surface area contributed by atoms with Gasteiger partial charge in [0.1, 0.15) is 17.9 Å². The molecule has 6 heteroatoms. The summed E-state index contributed by atoms with van der Waals surface area (Å²) in [5.41, 5.74) is 0.147. The highest BCUT2D eigenvalue weighted by Gasteiger charge is 2.68. The molecular weight excluding hydrogens is 402 g/mol. The highest BCUT2D eigenvalue weighted by atomic mass is 35.5. The Kier molecular flexibility index (Phi) is 5.37. The Morgan fingerprint density at radius 1 is 1.23 bits per heavy atom. The third-order valence-electron chi connectivity index (χ3n) is 6.23. The van der Waals surface area contributed by atoms with E-state index in [1.807, 2.05) is 62.4 Å². The van der Waals surface area contributed by atoms with Gasteiger partial charge in [-0.05, 0) is 60.1 Å². The highest BCUT2D eigenvalue weighted by molar-refractivity contribution is 6.30. The van der Waals surface area contributed by atoms with E-state index in [2.05, 4.69) is 5.32 Å². The molecule has 0 aromatic heterocycles. The van der Waals surface area contributed by atoms with E-state index in [4.69, 9.17) is 16.3 Å². The molecule has 158 valence electrons. The summed E-state index contributed by atoms with van der Waals surface area (Å²) in [4.78, 5) is 24.3. The summed E-state index contributed by atoms with van der Waals surface area (Å²) in [6.45, 7) is 4.45. The lowest BCUT2D eigenvalue weighted by Gasteiger charge is -2.23. The van der Waals surface area contributed by atoms with Crippen molar-refractivity contribution in [1.29, 1.82) is 0 Å². The molecule has 2 N–H and O–H groups in total. The Balaban J connectivity index is 1.45. The minimum absolute atomic E-state index is 0.0487. The smallest absolute Gasteiger partial charge is 0.324 e. The molecule has 0 spiro atoms. The number of ketones is 1. The van der Waals surface area contributed by atoms with Gasteiger partial charge in [0.15, 0.2) is 5.78 Å². The summed E-state index contributed by atoms with van der Waals surface area (Å²) in [6.07, 6.45) is 1.39. The molecule has 0 heterocycles. The molecule has 0 bridgehead atoms. The zero-order valence-corrected chi connectivity index (χ0v) is 17.9. The lowest BCUT2D eigenvalue weighted by molar-refractivity contribution is -0.141. The van der Waals surface area contributed by atoms with Crippen molar-refractivity contribution in [2.75, 3.05) is 0 Å². The molecular formula is C24H26ClNO4. The Hall–Kier alpha value is -2.37. The molecule has 2 aliphatic carbocycles. The van der Waals surface area contributed by atoms with E-state index in [-0.39, 0.29) is 17.6 Å². The minimum atomic E-state index is -0.985. The predicted octanol–water partition coefficient (Wildman–Crippen LogP) is 4.26. The summed E-state index contributed by atoms with van der Waals surface area (Å²) in [7, 11) is 0. The van der Waals surface area contributed by atoms with Crippen LogP contribution in [0.4, 0.5) is 0 Å². The summed E-state index contributed by atoms with van der Waals surface area (Å²) in [6, 6.07) is 15.1. The van der Waals surface area contributed by atoms with Gasteiger partial charge in [0.05, 0.1) is 5.54 Å². The van der Waals surface area contributed by atoms with Crippen LogP contribution in [0.1, 0.15) is 37.8 Å². The second kappa shape index (κ2) is 7.71. The van der Waals surface area contributed by atoms with Gasteiger partial charge in [-0.3, -0.25) is 14.9 Å². The maximum Gasteiger partial charge on any atom is 0.324 e. The second-order valence-corrected chi connectivity index (χ2v) is 9.32. The van der Waals surface area contributed by atoms with Crippen LogP contribution in [0.2, 0.25) is 5.02 Å². The number of aliphatic carboxylic acids is 1. The number of carbonyl (C=O) groups is 2. The zero-order chi connectivity index (χ0) is 21.5. The fourth-order valence-corrected chi connectivity index (χ4v) is 4.61. The van der Waals surface area contributed by atoms with Gasteiger partial charge in [-0.1, -0.05) is 49.7 Å². The first-order valence-electron chi connectivity index (χ1n) is 10.3. The number of nitrogens with one attached hydrogen (secondary N) is 1. The number of rotatable bonds is 9. The minimum Gasteiger partial charge on any atom is -0.489 e. The van der Waals surface area contributed by atoms with Crippen molar-refractivity contribution in [2.24, 2.45) is 11.8 Å². The van der Waals surface area contributed by atoms with Crippen molar-refractivity contribution in [3.63, 3.8) is 0 Å². The first-order chi connectivity index (χ1) is 14.2. The van der Waals surface area contributed by atoms with E-state index in [9.17, 15) is 14.7 Å². The summed E-state index contributed by atoms with van der Waals surface area (Å²) >= 11 is 6.02. The van der Waals surface area contributed by atoms with E-state index in [1.165, 1.54) is 0 Å². The van der Waals surface area contributed by atoms with Gasteiger partial charge in [0.25, 0.3) is 0 Å². The molecule has 5 nitrogen and oxygen atoms in total. The maximum atomic E-state index is 12.3. The number of benzene rings is 2. The van der Waals surface area contributed by atoms with Crippen LogP contribution < -0.4 is 10.1 Å². The summed E-state index contributed by atoms with van der Waals surface area (Å²) in [5.74, 6) is 0.215. The van der Waals surface area contributed by atoms with Gasteiger partial charge in [-0.2, -0.15) is 0 Å². The molecule has 3 atom stereocenters. The molecule has 30 heavy (non-hydrogen) atoms. The largest absolute Gasteiger partial charge is 0.489 e. The number of carboxylic acids is 1. The molecule has 3 unspecified atom stereocenters. The second-order valence-electron chi connectivity index (χ2n) is 8.88. The quantitative estimate of drug-likeness (QED) is 0.625. The fourth-order valence-electron chi connectivity index (χ4n) is 4.40. The van der Waals surface area contributed by atoms with Gasteiger partial charge < -0.3 is 9.84 Å². The molecule has 0 radical (unpaired) electrons. The van der Waals surface area contributed by atoms with Gasteiger partial charge in [0, 0.05) is 11.4 Å². The Bertz CT molecular complexity index is 991. The molecule has 4 rings (SSSR count). The van der Waals surface area contributed by atoms with Crippen molar-refractivity contribution in [1.82, 2.24) is 5.32 Å². The molecule has 0 saturated heterocycles. The van der Waals surface area contributed by atoms with Crippen molar-refractivity contribution < 1.29 is 19.4 Å². The fraction of sp³-hybridized carbons (Fsp3) is 0.417. The summed E-state index contributed by atoms with van der Waals surface area (Å²) in [5, 5.41) is 13.7. The van der Waals surface area contributed by atoms with Crippen molar-refractivity contribution >= 4 is 23.4 Å². The van der Waals surface area contributed by atoms with Crippen LogP contribution in [-0.2, 0) is 22.6 Å². The van der Waals surface area contributed by atoms with Crippen LogP contribution in [0.15, 0.2) is 48.5 Å². The molecule has 2 fully saturated rings. The topological polar surface area (TPSA) is 75.6 Å². The Morgan fingerprint density at radius 3 is 2.53 bits per heavy atom. The van der Waals surface area contributed by atoms with Crippen molar-refractivity contribution in [3.8, 4) is 5.75 Å². The summed E-state index contributed by atoms with van der Waals surface area (Å²) < 4.78 is 5.89. The zero-order valence-electron chi connectivity index (χ0n) is 17.2. The lowest BCUT2D eigenvalue weighted by Crippen LogP contribution is -2.51. The molecule has 0 amide bonds. The third kappa shape index (κ3) is 4.09. The number of carbonyl (C=O) groups excluding carboxylic acids is 1. The molecule has 2 aromatic rings. The van der Waals surface area contributed by atoms with Crippen LogP contribution in [0, 0.1) is 11.8 Å². The average molecular weight is 428 g/mol. The van der Waals surface area contributed by atoms with Gasteiger partial charge >= 0.3 is 5.97 Å². The van der Waals surface area contributed by atoms with E-state index in [1.54, 1.807) is 0 Å². The number of carboxylic acid groups (broad SMARTS) is 1. The normalized spacial score (nSPS) is 27.2. The van der Waals surface area contributed by atoms with Crippen LogP contribution in [0.5, 0.6) is 5.75 Å². The Morgan fingerprint density at radius 2 is 1.93 bits per heavy atom. The van der Waals surface area contributed by atoms with Crippen LogP contribution in [-0.4, -0.2) is 27.9 Å². The van der Waals surface area contributed by atoms with Gasteiger partial charge in [-0.15, -0.1) is 0 Å². The first kappa shape index (κ1) is 20.9. The predicted molar refractivity (Wildman–Crippen MR) is 115 cm³/mol. The molecule has 2 aromatic carbocycles. The SMILES string of the molecule is CC(C)C1CC1(NC1(Cc2cccc(OCc3cccc(Cl)c3)c2)CC1=O)C(=O)O. The number of hydrogen-bond acceptors (Lipinski definition) is 4. The molecule has 0 aliphatic heterocycles. The van der Waals surface area contributed by atoms with E-state index < -0.39 is 17.0 Å². The lowest BCUT2D eigenvalue weighted by atomic mass is 9.99. The number of Topliss-reactive ketones (excluding diaryl/α,β-unsaturated/α-hetero) is 1.